The van der Waals surface area contributed by atoms with Crippen molar-refractivity contribution in [2.75, 3.05) is 5.32 Å². The number of nitrogens with zero attached hydrogens (tertiary/aromatic N) is 6. The van der Waals surface area contributed by atoms with E-state index in [-0.39, 0.29) is 11.3 Å². The highest BCUT2D eigenvalue weighted by Gasteiger charge is 2.11. The highest BCUT2D eigenvalue weighted by atomic mass is 16.6. The summed E-state index contributed by atoms with van der Waals surface area (Å²) in [6, 6.07) is 7.65. The highest BCUT2D eigenvalue weighted by molar-refractivity contribution is 5.67. The quantitative estimate of drug-likeness (QED) is 0.578. The first-order chi connectivity index (χ1) is 11.2. The lowest BCUT2D eigenvalue weighted by Crippen LogP contribution is -2.00. The Balaban J connectivity index is 1.87. The van der Waals surface area contributed by atoms with Crippen molar-refractivity contribution in [1.29, 1.82) is 5.26 Å². The smallest absolute Gasteiger partial charge is 0.270 e. The zero-order chi connectivity index (χ0) is 16.2. The molecule has 0 unspecified atom stereocenters. The van der Waals surface area contributed by atoms with Gasteiger partial charge in [-0.05, 0) is 12.1 Å². The van der Waals surface area contributed by atoms with Crippen molar-refractivity contribution in [3.05, 3.63) is 64.7 Å². The van der Waals surface area contributed by atoms with Crippen molar-refractivity contribution in [2.45, 2.75) is 0 Å². The summed E-state index contributed by atoms with van der Waals surface area (Å²) in [6.45, 7) is 0. The van der Waals surface area contributed by atoms with Crippen LogP contribution in [0.4, 0.5) is 17.1 Å². The lowest BCUT2D eigenvalue weighted by molar-refractivity contribution is -0.384. The first-order valence-electron chi connectivity index (χ1n) is 6.45. The molecular formula is C14H9N7O2. The summed E-state index contributed by atoms with van der Waals surface area (Å²) in [5.41, 5.74) is 1.08. The number of benzene rings is 1. The molecule has 2 aromatic heterocycles. The predicted molar refractivity (Wildman–Crippen MR) is 80.2 cm³/mol. The molecule has 0 radical (unpaired) electrons. The number of rotatable bonds is 4. The van der Waals surface area contributed by atoms with Gasteiger partial charge in [0.1, 0.15) is 6.07 Å². The first-order valence-corrected chi connectivity index (χ1v) is 6.45. The van der Waals surface area contributed by atoms with Crippen LogP contribution in [0, 0.1) is 21.4 Å². The van der Waals surface area contributed by atoms with Gasteiger partial charge in [0.15, 0.2) is 0 Å². The van der Waals surface area contributed by atoms with E-state index in [9.17, 15) is 10.1 Å². The fraction of sp³-hybridized carbons (Fsp3) is 0. The number of nitriles is 1. The van der Waals surface area contributed by atoms with E-state index in [1.54, 1.807) is 30.9 Å². The maximum atomic E-state index is 10.7. The van der Waals surface area contributed by atoms with E-state index in [1.807, 2.05) is 6.07 Å². The largest absolute Gasteiger partial charge is 0.352 e. The van der Waals surface area contributed by atoms with E-state index in [0.717, 1.165) is 0 Å². The molecule has 0 atom stereocenters. The van der Waals surface area contributed by atoms with E-state index >= 15 is 0 Å². The number of hydrogen-bond acceptors (Lipinski definition) is 7. The van der Waals surface area contributed by atoms with Crippen LogP contribution in [-0.2, 0) is 0 Å². The molecule has 112 valence electrons. The SMILES string of the molecule is N#Cc1cc([N+](=O)[O-])ccc1Nc1cnn(-c2ncccn2)c1. The average Bonchev–Trinajstić information content (AvgIpc) is 3.04. The standard InChI is InChI=1S/C14H9N7O2/c15-7-10-6-12(21(22)23)2-3-13(10)19-11-8-18-20(9-11)14-16-4-1-5-17-14/h1-6,8-9,19H. The molecule has 1 aromatic carbocycles. The lowest BCUT2D eigenvalue weighted by atomic mass is 10.1. The Morgan fingerprint density at radius 3 is 2.78 bits per heavy atom. The Morgan fingerprint density at radius 2 is 2.09 bits per heavy atom. The minimum atomic E-state index is -0.546. The monoisotopic (exact) mass is 307 g/mol. The molecule has 0 fully saturated rings. The van der Waals surface area contributed by atoms with Gasteiger partial charge >= 0.3 is 0 Å². The van der Waals surface area contributed by atoms with Crippen LogP contribution in [0.25, 0.3) is 5.95 Å². The normalized spacial score (nSPS) is 10.0. The van der Waals surface area contributed by atoms with Gasteiger partial charge in [-0.2, -0.15) is 10.4 Å². The molecule has 2 heterocycles. The predicted octanol–water partition coefficient (Wildman–Crippen LogP) is 2.19. The van der Waals surface area contributed by atoms with Crippen LogP contribution in [0.2, 0.25) is 0 Å². The Labute approximate surface area is 130 Å². The summed E-state index contributed by atoms with van der Waals surface area (Å²) >= 11 is 0. The fourth-order valence-corrected chi connectivity index (χ4v) is 1.91. The zero-order valence-corrected chi connectivity index (χ0v) is 11.6. The van der Waals surface area contributed by atoms with E-state index in [4.69, 9.17) is 5.26 Å². The molecular weight excluding hydrogens is 298 g/mol. The highest BCUT2D eigenvalue weighted by Crippen LogP contribution is 2.24. The second-order valence-electron chi connectivity index (χ2n) is 4.45. The summed E-state index contributed by atoms with van der Waals surface area (Å²) in [5.74, 6) is 0.407. The van der Waals surface area contributed by atoms with Gasteiger partial charge in [0, 0.05) is 24.5 Å². The number of nitro groups is 1. The van der Waals surface area contributed by atoms with Gasteiger partial charge in [-0.15, -0.1) is 0 Å². The van der Waals surface area contributed by atoms with E-state index in [2.05, 4.69) is 20.4 Å². The van der Waals surface area contributed by atoms with Gasteiger partial charge in [0.25, 0.3) is 5.69 Å². The minimum absolute atomic E-state index is 0.138. The van der Waals surface area contributed by atoms with Crippen LogP contribution in [-0.4, -0.2) is 24.7 Å². The van der Waals surface area contributed by atoms with Crippen molar-refractivity contribution < 1.29 is 4.92 Å². The van der Waals surface area contributed by atoms with Crippen molar-refractivity contribution in [2.24, 2.45) is 0 Å². The Bertz CT molecular complexity index is 899. The number of non-ortho nitro benzene ring substituents is 1. The molecule has 0 aliphatic carbocycles. The van der Waals surface area contributed by atoms with Crippen LogP contribution < -0.4 is 5.32 Å². The first kappa shape index (κ1) is 14.2. The second kappa shape index (κ2) is 5.90. The van der Waals surface area contributed by atoms with Gasteiger partial charge < -0.3 is 5.32 Å². The van der Waals surface area contributed by atoms with Crippen LogP contribution in [0.5, 0.6) is 0 Å². The third kappa shape index (κ3) is 2.96. The molecule has 9 heteroatoms. The molecule has 23 heavy (non-hydrogen) atoms. The van der Waals surface area contributed by atoms with Crippen LogP contribution >= 0.6 is 0 Å². The minimum Gasteiger partial charge on any atom is -0.352 e. The number of aromatic nitrogens is 4. The van der Waals surface area contributed by atoms with E-state index in [0.29, 0.717) is 17.3 Å². The summed E-state index contributed by atoms with van der Waals surface area (Å²) in [6.07, 6.45) is 6.39. The fourth-order valence-electron chi connectivity index (χ4n) is 1.91. The van der Waals surface area contributed by atoms with Crippen molar-refractivity contribution in [1.82, 2.24) is 19.7 Å². The van der Waals surface area contributed by atoms with Crippen LogP contribution in [0.15, 0.2) is 49.1 Å². The third-order valence-electron chi connectivity index (χ3n) is 2.95. The maximum absolute atomic E-state index is 10.7. The second-order valence-corrected chi connectivity index (χ2v) is 4.45. The van der Waals surface area contributed by atoms with Gasteiger partial charge in [0.2, 0.25) is 5.95 Å². The Kier molecular flexibility index (Phi) is 3.63. The van der Waals surface area contributed by atoms with E-state index < -0.39 is 4.92 Å². The molecule has 0 aliphatic heterocycles. The number of anilines is 2. The molecule has 1 N–H and O–H groups in total. The molecule has 3 aromatic rings. The van der Waals surface area contributed by atoms with Crippen molar-refractivity contribution >= 4 is 17.1 Å². The summed E-state index contributed by atoms with van der Waals surface area (Å²) in [4.78, 5) is 18.3. The lowest BCUT2D eigenvalue weighted by Gasteiger charge is -2.05. The molecule has 0 saturated carbocycles. The molecule has 0 bridgehead atoms. The zero-order valence-electron chi connectivity index (χ0n) is 11.6. The number of nitrogens with one attached hydrogen (secondary N) is 1. The molecule has 0 saturated heterocycles. The third-order valence-corrected chi connectivity index (χ3v) is 2.95. The summed E-state index contributed by atoms with van der Waals surface area (Å²) in [5, 5.41) is 27.0. The van der Waals surface area contributed by atoms with Crippen molar-refractivity contribution in [3.63, 3.8) is 0 Å². The number of nitro benzene ring substituents is 1. The van der Waals surface area contributed by atoms with Gasteiger partial charge in [-0.1, -0.05) is 0 Å². The molecule has 3 rings (SSSR count). The molecule has 0 aliphatic rings. The molecule has 0 spiro atoms. The van der Waals surface area contributed by atoms with Gasteiger partial charge in [-0.25, -0.2) is 14.6 Å². The maximum Gasteiger partial charge on any atom is 0.270 e. The summed E-state index contributed by atoms with van der Waals surface area (Å²) in [7, 11) is 0. The van der Waals surface area contributed by atoms with Gasteiger partial charge in [0.05, 0.1) is 34.3 Å². The average molecular weight is 307 g/mol. The van der Waals surface area contributed by atoms with Crippen LogP contribution in [0.1, 0.15) is 5.56 Å². The Hall–Kier alpha value is -3.80. The topological polar surface area (TPSA) is 123 Å². The van der Waals surface area contributed by atoms with Crippen LogP contribution in [0.3, 0.4) is 0 Å². The number of hydrogen-bond donors (Lipinski definition) is 1. The van der Waals surface area contributed by atoms with Gasteiger partial charge in [-0.3, -0.25) is 10.1 Å². The summed E-state index contributed by atoms with van der Waals surface area (Å²) < 4.78 is 1.47. The molecule has 0 amide bonds. The Morgan fingerprint density at radius 1 is 1.30 bits per heavy atom. The van der Waals surface area contributed by atoms with E-state index in [1.165, 1.54) is 22.9 Å². The molecule has 9 nitrogen and oxygen atoms in total. The van der Waals surface area contributed by atoms with Crippen molar-refractivity contribution in [3.8, 4) is 12.0 Å².